The van der Waals surface area contributed by atoms with Crippen molar-refractivity contribution in [3.8, 4) is 0 Å². The van der Waals surface area contributed by atoms with Gasteiger partial charge in [0, 0.05) is 12.4 Å². The molecular formula is C10H12N4O2S. The molecule has 0 aromatic carbocycles. The lowest BCUT2D eigenvalue weighted by molar-refractivity contribution is 0.600. The summed E-state index contributed by atoms with van der Waals surface area (Å²) in [5.41, 5.74) is 1.44. The van der Waals surface area contributed by atoms with E-state index in [4.69, 9.17) is 0 Å². The van der Waals surface area contributed by atoms with E-state index in [1.54, 1.807) is 26.0 Å². The number of aromatic amines is 1. The first kappa shape index (κ1) is 11.6. The molecule has 2 aromatic rings. The molecule has 0 radical (unpaired) electrons. The van der Waals surface area contributed by atoms with Crippen molar-refractivity contribution in [1.29, 1.82) is 0 Å². The molecule has 0 atom stereocenters. The van der Waals surface area contributed by atoms with Gasteiger partial charge in [0.15, 0.2) is 0 Å². The summed E-state index contributed by atoms with van der Waals surface area (Å²) in [6, 6.07) is 3.17. The quantitative estimate of drug-likeness (QED) is 0.859. The van der Waals surface area contributed by atoms with E-state index in [0.717, 1.165) is 0 Å². The van der Waals surface area contributed by atoms with E-state index in [-0.39, 0.29) is 4.90 Å². The minimum Gasteiger partial charge on any atom is -0.281 e. The molecule has 17 heavy (non-hydrogen) atoms. The number of rotatable bonds is 3. The van der Waals surface area contributed by atoms with Crippen LogP contribution in [-0.4, -0.2) is 23.6 Å². The van der Waals surface area contributed by atoms with E-state index in [1.165, 1.54) is 12.4 Å². The molecule has 0 saturated carbocycles. The smallest absolute Gasteiger partial charge is 0.265 e. The van der Waals surface area contributed by atoms with Gasteiger partial charge in [0.2, 0.25) is 0 Å². The van der Waals surface area contributed by atoms with Crippen LogP contribution in [0.2, 0.25) is 0 Å². The molecule has 0 aliphatic heterocycles. The van der Waals surface area contributed by atoms with Crippen LogP contribution in [0.15, 0.2) is 29.4 Å². The van der Waals surface area contributed by atoms with Gasteiger partial charge in [0.05, 0.1) is 17.1 Å². The molecule has 0 amide bonds. The second kappa shape index (κ2) is 4.17. The monoisotopic (exact) mass is 252 g/mol. The topological polar surface area (TPSA) is 87.7 Å². The van der Waals surface area contributed by atoms with E-state index in [1.807, 2.05) is 0 Å². The third kappa shape index (κ3) is 2.28. The van der Waals surface area contributed by atoms with Crippen LogP contribution in [-0.2, 0) is 10.0 Å². The summed E-state index contributed by atoms with van der Waals surface area (Å²) in [5, 5.41) is 6.51. The number of sulfonamides is 1. The van der Waals surface area contributed by atoms with Crippen molar-refractivity contribution in [3.05, 3.63) is 35.9 Å². The van der Waals surface area contributed by atoms with E-state index < -0.39 is 10.0 Å². The minimum absolute atomic E-state index is 0.189. The molecule has 7 heteroatoms. The van der Waals surface area contributed by atoms with Gasteiger partial charge in [-0.15, -0.1) is 0 Å². The SMILES string of the molecule is Cc1n[nH]c(C)c1S(=O)(=O)Nc1ccncc1. The second-order valence-corrected chi connectivity index (χ2v) is 5.22. The molecule has 2 aromatic heterocycles. The van der Waals surface area contributed by atoms with Crippen LogP contribution >= 0.6 is 0 Å². The Labute approximate surface area is 99.1 Å². The fourth-order valence-corrected chi connectivity index (χ4v) is 2.99. The molecule has 0 unspecified atom stereocenters. The Hall–Kier alpha value is -1.89. The zero-order valence-corrected chi connectivity index (χ0v) is 10.2. The Kier molecular flexibility index (Phi) is 2.84. The van der Waals surface area contributed by atoms with Gasteiger partial charge < -0.3 is 0 Å². The Morgan fingerprint density at radius 2 is 1.88 bits per heavy atom. The Balaban J connectivity index is 2.39. The molecular weight excluding hydrogens is 240 g/mol. The lowest BCUT2D eigenvalue weighted by Crippen LogP contribution is -2.14. The lowest BCUT2D eigenvalue weighted by atomic mass is 10.4. The second-order valence-electron chi connectivity index (χ2n) is 3.60. The largest absolute Gasteiger partial charge is 0.281 e. The van der Waals surface area contributed by atoms with E-state index in [2.05, 4.69) is 19.9 Å². The highest BCUT2D eigenvalue weighted by molar-refractivity contribution is 7.92. The number of aromatic nitrogens is 3. The third-order valence-electron chi connectivity index (χ3n) is 2.26. The molecule has 0 fully saturated rings. The van der Waals surface area contributed by atoms with Crippen LogP contribution in [0.5, 0.6) is 0 Å². The van der Waals surface area contributed by atoms with Gasteiger partial charge in [-0.2, -0.15) is 5.10 Å². The molecule has 90 valence electrons. The van der Waals surface area contributed by atoms with Crippen molar-refractivity contribution in [2.45, 2.75) is 18.7 Å². The van der Waals surface area contributed by atoms with Gasteiger partial charge >= 0.3 is 0 Å². The predicted molar refractivity (Wildman–Crippen MR) is 63.1 cm³/mol. The van der Waals surface area contributed by atoms with Crippen molar-refractivity contribution in [3.63, 3.8) is 0 Å². The third-order valence-corrected chi connectivity index (χ3v) is 3.91. The summed E-state index contributed by atoms with van der Waals surface area (Å²) in [4.78, 5) is 4.01. The van der Waals surface area contributed by atoms with Crippen LogP contribution in [0.4, 0.5) is 5.69 Å². The number of nitrogens with one attached hydrogen (secondary N) is 2. The number of hydrogen-bond acceptors (Lipinski definition) is 4. The Morgan fingerprint density at radius 3 is 2.41 bits per heavy atom. The van der Waals surface area contributed by atoms with Crippen LogP contribution in [0.3, 0.4) is 0 Å². The van der Waals surface area contributed by atoms with Crippen molar-refractivity contribution in [2.75, 3.05) is 4.72 Å². The summed E-state index contributed by atoms with van der Waals surface area (Å²) in [6.07, 6.45) is 3.04. The molecule has 2 heterocycles. The van der Waals surface area contributed by atoms with Gasteiger partial charge in [0.1, 0.15) is 4.90 Å². The number of hydrogen-bond donors (Lipinski definition) is 2. The first-order valence-electron chi connectivity index (χ1n) is 4.95. The van der Waals surface area contributed by atoms with Crippen LogP contribution in [0.1, 0.15) is 11.4 Å². The first-order valence-corrected chi connectivity index (χ1v) is 6.43. The van der Waals surface area contributed by atoms with Crippen LogP contribution < -0.4 is 4.72 Å². The average Bonchev–Trinajstić information content (AvgIpc) is 2.59. The maximum atomic E-state index is 12.1. The zero-order chi connectivity index (χ0) is 12.5. The maximum Gasteiger partial charge on any atom is 0.265 e. The number of pyridine rings is 1. The minimum atomic E-state index is -3.60. The van der Waals surface area contributed by atoms with Crippen molar-refractivity contribution in [1.82, 2.24) is 15.2 Å². The number of nitrogens with zero attached hydrogens (tertiary/aromatic N) is 2. The molecule has 0 aliphatic rings. The summed E-state index contributed by atoms with van der Waals surface area (Å²) in [6.45, 7) is 3.31. The number of H-pyrrole nitrogens is 1. The molecule has 0 saturated heterocycles. The summed E-state index contributed by atoms with van der Waals surface area (Å²) in [7, 11) is -3.60. The maximum absolute atomic E-state index is 12.1. The predicted octanol–water partition coefficient (Wildman–Crippen LogP) is 1.22. The average molecular weight is 252 g/mol. The Bertz CT molecular complexity index is 600. The fraction of sp³-hybridized carbons (Fsp3) is 0.200. The van der Waals surface area contributed by atoms with Crippen LogP contribution in [0.25, 0.3) is 0 Å². The molecule has 0 aliphatic carbocycles. The van der Waals surface area contributed by atoms with Gasteiger partial charge in [-0.3, -0.25) is 14.8 Å². The zero-order valence-electron chi connectivity index (χ0n) is 9.43. The Morgan fingerprint density at radius 1 is 1.24 bits per heavy atom. The normalized spacial score (nSPS) is 11.4. The van der Waals surface area contributed by atoms with E-state index in [9.17, 15) is 8.42 Å². The molecule has 0 bridgehead atoms. The van der Waals surface area contributed by atoms with Crippen molar-refractivity contribution >= 4 is 15.7 Å². The lowest BCUT2D eigenvalue weighted by Gasteiger charge is -2.07. The van der Waals surface area contributed by atoms with Gasteiger partial charge in [0.25, 0.3) is 10.0 Å². The number of aryl methyl sites for hydroxylation is 2. The molecule has 0 spiro atoms. The first-order chi connectivity index (χ1) is 8.00. The summed E-state index contributed by atoms with van der Waals surface area (Å²) in [5.74, 6) is 0. The number of anilines is 1. The molecule has 2 N–H and O–H groups in total. The van der Waals surface area contributed by atoms with Crippen molar-refractivity contribution < 1.29 is 8.42 Å². The highest BCUT2D eigenvalue weighted by Gasteiger charge is 2.22. The van der Waals surface area contributed by atoms with Gasteiger partial charge in [-0.25, -0.2) is 8.42 Å². The van der Waals surface area contributed by atoms with Gasteiger partial charge in [-0.05, 0) is 26.0 Å². The van der Waals surface area contributed by atoms with Crippen LogP contribution in [0, 0.1) is 13.8 Å². The fourth-order valence-electron chi connectivity index (χ4n) is 1.56. The summed E-state index contributed by atoms with van der Waals surface area (Å²) >= 11 is 0. The van der Waals surface area contributed by atoms with Gasteiger partial charge in [-0.1, -0.05) is 0 Å². The summed E-state index contributed by atoms with van der Waals surface area (Å²) < 4.78 is 26.7. The molecule has 6 nitrogen and oxygen atoms in total. The highest BCUT2D eigenvalue weighted by Crippen LogP contribution is 2.20. The van der Waals surface area contributed by atoms with E-state index in [0.29, 0.717) is 17.1 Å². The molecule has 2 rings (SSSR count). The standard InChI is InChI=1S/C10H12N4O2S/c1-7-10(8(2)13-12-7)17(15,16)14-9-3-5-11-6-4-9/h3-6H,1-2H3,(H,11,14)(H,12,13). The highest BCUT2D eigenvalue weighted by atomic mass is 32.2. The van der Waals surface area contributed by atoms with Crippen molar-refractivity contribution in [2.24, 2.45) is 0 Å². The van der Waals surface area contributed by atoms with E-state index >= 15 is 0 Å².